The van der Waals surface area contributed by atoms with Gasteiger partial charge in [-0.15, -0.1) is 0 Å². The van der Waals surface area contributed by atoms with Crippen molar-refractivity contribution in [2.75, 3.05) is 0 Å². The number of benzene rings is 2. The minimum absolute atomic E-state index is 0.276. The lowest BCUT2D eigenvalue weighted by atomic mass is 10.0. The van der Waals surface area contributed by atoms with Crippen molar-refractivity contribution < 1.29 is 8.50 Å². The average Bonchev–Trinajstić information content (AvgIpc) is 2.55. The maximum absolute atomic E-state index is 13.7. The summed E-state index contributed by atoms with van der Waals surface area (Å²) in [4.78, 5) is 4.41. The molecule has 0 fully saturated rings. The van der Waals surface area contributed by atoms with E-state index in [1.807, 2.05) is 42.5 Å². The van der Waals surface area contributed by atoms with Crippen LogP contribution in [0.1, 0.15) is 9.68 Å². The van der Waals surface area contributed by atoms with Gasteiger partial charge in [0.2, 0.25) is 0 Å². The van der Waals surface area contributed by atoms with E-state index in [1.165, 1.54) is 12.1 Å². The summed E-state index contributed by atoms with van der Waals surface area (Å²) in [5.41, 5.74) is 2.93. The highest BCUT2D eigenvalue weighted by Gasteiger charge is 2.03. The predicted molar refractivity (Wildman–Crippen MR) is 79.8 cm³/mol. The van der Waals surface area contributed by atoms with Gasteiger partial charge in [0.05, 0.1) is 5.69 Å². The standard InChI is InChI=1S/C18H14FN/c1-13-11-15(7-9-17(13)19)16-8-10-18(20-12-16)14-5-3-2-4-6-14/h2-12H,1H3/i1D3. The van der Waals surface area contributed by atoms with Gasteiger partial charge in [-0.05, 0) is 36.2 Å². The number of hydrogen-bond donors (Lipinski definition) is 0. The highest BCUT2D eigenvalue weighted by atomic mass is 19.1. The second kappa shape index (κ2) is 5.25. The third-order valence-corrected chi connectivity index (χ3v) is 3.13. The van der Waals surface area contributed by atoms with Gasteiger partial charge >= 0.3 is 0 Å². The van der Waals surface area contributed by atoms with E-state index in [-0.39, 0.29) is 5.56 Å². The van der Waals surface area contributed by atoms with Crippen LogP contribution in [0.5, 0.6) is 0 Å². The molecule has 0 unspecified atom stereocenters. The van der Waals surface area contributed by atoms with E-state index in [4.69, 9.17) is 4.11 Å². The van der Waals surface area contributed by atoms with Gasteiger partial charge in [-0.1, -0.05) is 42.5 Å². The van der Waals surface area contributed by atoms with Crippen molar-refractivity contribution >= 4 is 0 Å². The molecule has 0 aliphatic carbocycles. The van der Waals surface area contributed by atoms with E-state index in [0.717, 1.165) is 16.8 Å². The molecule has 2 aromatic carbocycles. The van der Waals surface area contributed by atoms with Crippen LogP contribution in [-0.4, -0.2) is 4.98 Å². The molecule has 0 N–H and O–H groups in total. The molecule has 98 valence electrons. The number of pyridine rings is 1. The molecule has 0 saturated carbocycles. The molecule has 0 aliphatic rings. The lowest BCUT2D eigenvalue weighted by Crippen LogP contribution is -1.87. The first-order chi connectivity index (χ1) is 10.9. The Morgan fingerprint density at radius 2 is 1.70 bits per heavy atom. The van der Waals surface area contributed by atoms with Crippen molar-refractivity contribution in [3.63, 3.8) is 0 Å². The normalized spacial score (nSPS) is 13.3. The fourth-order valence-corrected chi connectivity index (χ4v) is 2.05. The SMILES string of the molecule is [2H]C([2H])([2H])c1cc(-c2ccc(-c3ccccc3)nc2)ccc1F. The molecule has 0 aliphatic heterocycles. The molecule has 1 nitrogen and oxygen atoms in total. The van der Waals surface area contributed by atoms with E-state index < -0.39 is 12.7 Å². The van der Waals surface area contributed by atoms with Gasteiger partial charge in [0.15, 0.2) is 0 Å². The van der Waals surface area contributed by atoms with Crippen LogP contribution < -0.4 is 0 Å². The summed E-state index contributed by atoms with van der Waals surface area (Å²) in [5, 5.41) is 0. The zero-order chi connectivity index (χ0) is 16.4. The third kappa shape index (κ3) is 2.45. The van der Waals surface area contributed by atoms with Crippen LogP contribution >= 0.6 is 0 Å². The Kier molecular flexibility index (Phi) is 2.48. The van der Waals surface area contributed by atoms with Crippen LogP contribution in [0, 0.1) is 12.7 Å². The average molecular weight is 266 g/mol. The van der Waals surface area contributed by atoms with Crippen molar-refractivity contribution in [1.29, 1.82) is 0 Å². The summed E-state index contributed by atoms with van der Waals surface area (Å²) >= 11 is 0. The Morgan fingerprint density at radius 3 is 2.40 bits per heavy atom. The smallest absolute Gasteiger partial charge is 0.126 e. The van der Waals surface area contributed by atoms with E-state index in [0.29, 0.717) is 5.56 Å². The zero-order valence-electron chi connectivity index (χ0n) is 13.7. The minimum Gasteiger partial charge on any atom is -0.256 e. The van der Waals surface area contributed by atoms with E-state index in [2.05, 4.69) is 4.98 Å². The topological polar surface area (TPSA) is 12.9 Å². The van der Waals surface area contributed by atoms with Gasteiger partial charge in [-0.3, -0.25) is 4.98 Å². The zero-order valence-corrected chi connectivity index (χ0v) is 10.7. The van der Waals surface area contributed by atoms with Crippen LogP contribution in [0.2, 0.25) is 0 Å². The number of aromatic nitrogens is 1. The lowest BCUT2D eigenvalue weighted by molar-refractivity contribution is 0.619. The molecular formula is C18H14FN. The molecule has 0 bridgehead atoms. The van der Waals surface area contributed by atoms with Crippen LogP contribution in [0.4, 0.5) is 4.39 Å². The molecule has 3 rings (SSSR count). The first-order valence-electron chi connectivity index (χ1n) is 7.77. The second-order valence-corrected chi connectivity index (χ2v) is 4.49. The van der Waals surface area contributed by atoms with Crippen molar-refractivity contribution in [3.05, 3.63) is 78.2 Å². The van der Waals surface area contributed by atoms with Crippen LogP contribution in [-0.2, 0) is 0 Å². The number of aryl methyl sites for hydroxylation is 1. The minimum atomic E-state index is -2.47. The van der Waals surface area contributed by atoms with E-state index in [9.17, 15) is 4.39 Å². The molecule has 1 aromatic heterocycles. The molecule has 0 amide bonds. The molecule has 20 heavy (non-hydrogen) atoms. The maximum Gasteiger partial charge on any atom is 0.126 e. The van der Waals surface area contributed by atoms with Gasteiger partial charge < -0.3 is 0 Å². The summed E-state index contributed by atoms with van der Waals surface area (Å²) < 4.78 is 35.9. The fourth-order valence-electron chi connectivity index (χ4n) is 2.05. The molecule has 0 spiro atoms. The Balaban J connectivity index is 1.97. The van der Waals surface area contributed by atoms with Gasteiger partial charge in [-0.2, -0.15) is 0 Å². The van der Waals surface area contributed by atoms with Crippen LogP contribution in [0.15, 0.2) is 66.9 Å². The summed E-state index contributed by atoms with van der Waals surface area (Å²) in [5.74, 6) is -0.720. The van der Waals surface area contributed by atoms with E-state index in [1.54, 1.807) is 12.3 Å². The third-order valence-electron chi connectivity index (χ3n) is 3.13. The van der Waals surface area contributed by atoms with Crippen molar-refractivity contribution in [1.82, 2.24) is 4.98 Å². The Bertz CT molecular complexity index is 812. The number of nitrogens with zero attached hydrogens (tertiary/aromatic N) is 1. The monoisotopic (exact) mass is 266 g/mol. The molecule has 0 saturated heterocycles. The van der Waals surface area contributed by atoms with Gasteiger partial charge in [-0.25, -0.2) is 4.39 Å². The van der Waals surface area contributed by atoms with Crippen LogP contribution in [0.3, 0.4) is 0 Å². The fraction of sp³-hybridized carbons (Fsp3) is 0.0556. The Morgan fingerprint density at radius 1 is 0.900 bits per heavy atom. The summed E-state index contributed by atoms with van der Waals surface area (Å²) in [6.45, 7) is -2.47. The van der Waals surface area contributed by atoms with Gasteiger partial charge in [0, 0.05) is 21.4 Å². The molecule has 0 radical (unpaired) electrons. The van der Waals surface area contributed by atoms with Crippen LogP contribution in [0.25, 0.3) is 22.4 Å². The predicted octanol–water partition coefficient (Wildman–Crippen LogP) is 4.86. The van der Waals surface area contributed by atoms with Gasteiger partial charge in [0.25, 0.3) is 0 Å². The van der Waals surface area contributed by atoms with Crippen molar-refractivity contribution in [2.24, 2.45) is 0 Å². The van der Waals surface area contributed by atoms with Crippen molar-refractivity contribution in [2.45, 2.75) is 6.85 Å². The highest BCUT2D eigenvalue weighted by molar-refractivity contribution is 5.67. The lowest BCUT2D eigenvalue weighted by Gasteiger charge is -2.05. The summed E-state index contributed by atoms with van der Waals surface area (Å²) in [7, 11) is 0. The first-order valence-corrected chi connectivity index (χ1v) is 6.27. The first kappa shape index (κ1) is 9.43. The molecule has 0 atom stereocenters. The molecule has 1 heterocycles. The molecule has 3 aromatic rings. The quantitative estimate of drug-likeness (QED) is 0.645. The number of hydrogen-bond acceptors (Lipinski definition) is 1. The summed E-state index contributed by atoms with van der Waals surface area (Å²) in [6.07, 6.45) is 1.67. The van der Waals surface area contributed by atoms with Gasteiger partial charge in [0.1, 0.15) is 5.82 Å². The molecule has 2 heteroatoms. The number of rotatable bonds is 2. The Hall–Kier alpha value is -2.48. The second-order valence-electron chi connectivity index (χ2n) is 4.49. The summed E-state index contributed by atoms with van der Waals surface area (Å²) in [6, 6.07) is 17.6. The molecular weight excluding hydrogens is 249 g/mol. The maximum atomic E-state index is 13.7. The van der Waals surface area contributed by atoms with E-state index >= 15 is 0 Å². The van der Waals surface area contributed by atoms with Crippen molar-refractivity contribution in [3.8, 4) is 22.4 Å². The largest absolute Gasteiger partial charge is 0.256 e. The Labute approximate surface area is 122 Å². The highest BCUT2D eigenvalue weighted by Crippen LogP contribution is 2.23. The number of halogens is 1.